The van der Waals surface area contributed by atoms with E-state index >= 15 is 0 Å². The van der Waals surface area contributed by atoms with Crippen molar-refractivity contribution in [2.75, 3.05) is 0 Å². The molecular weight excluding hydrogens is 520 g/mol. The summed E-state index contributed by atoms with van der Waals surface area (Å²) in [7, 11) is 0. The molecule has 0 saturated carbocycles. The van der Waals surface area contributed by atoms with E-state index in [1.807, 2.05) is 0 Å². The summed E-state index contributed by atoms with van der Waals surface area (Å²) in [5.74, 6) is 0.338. The van der Waals surface area contributed by atoms with Crippen molar-refractivity contribution >= 4 is 54.3 Å². The highest BCUT2D eigenvalue weighted by molar-refractivity contribution is 6.27. The summed E-state index contributed by atoms with van der Waals surface area (Å²) in [4.78, 5) is 0. The summed E-state index contributed by atoms with van der Waals surface area (Å²) in [6, 6.07) is 46.2. The summed E-state index contributed by atoms with van der Waals surface area (Å²) in [6.45, 7) is 0. The molecule has 1 atom stereocenters. The molecule has 1 nitrogen and oxygen atoms in total. The molecule has 1 aliphatic carbocycles. The first-order valence-electron chi connectivity index (χ1n) is 15.1. The zero-order valence-electron chi connectivity index (χ0n) is 23.6. The largest absolute Gasteiger partial charge is 0.455 e. The smallest absolute Gasteiger partial charge is 0.143 e. The van der Waals surface area contributed by atoms with Crippen molar-refractivity contribution in [3.63, 3.8) is 0 Å². The predicted octanol–water partition coefficient (Wildman–Crippen LogP) is 12.0. The topological polar surface area (TPSA) is 13.1 Å². The second-order valence-electron chi connectivity index (χ2n) is 11.5. The summed E-state index contributed by atoms with van der Waals surface area (Å²) >= 11 is 0. The van der Waals surface area contributed by atoms with Crippen molar-refractivity contribution in [2.24, 2.45) is 0 Å². The average molecular weight is 549 g/mol. The first-order chi connectivity index (χ1) is 21.4. The molecule has 1 aromatic heterocycles. The van der Waals surface area contributed by atoms with Crippen molar-refractivity contribution in [1.82, 2.24) is 0 Å². The van der Waals surface area contributed by atoms with Crippen molar-refractivity contribution < 1.29 is 4.42 Å². The zero-order valence-corrected chi connectivity index (χ0v) is 23.6. The van der Waals surface area contributed by atoms with Crippen LogP contribution in [0.4, 0.5) is 0 Å². The van der Waals surface area contributed by atoms with Crippen LogP contribution in [0.5, 0.6) is 0 Å². The highest BCUT2D eigenvalue weighted by Gasteiger charge is 2.22. The molecule has 0 radical (unpaired) electrons. The van der Waals surface area contributed by atoms with E-state index in [0.29, 0.717) is 5.92 Å². The molecule has 202 valence electrons. The SMILES string of the molecule is C1=CCC(c2cccc3ccc4c(oc5cccc(-c6c7ccccc7c(-c7ccccc7)c7ccccc67)c54)c23)C=C1. The lowest BCUT2D eigenvalue weighted by Crippen LogP contribution is -1.97. The fourth-order valence-corrected chi connectivity index (χ4v) is 7.34. The van der Waals surface area contributed by atoms with Crippen molar-refractivity contribution in [3.8, 4) is 22.3 Å². The summed E-state index contributed by atoms with van der Waals surface area (Å²) in [5.41, 5.74) is 8.21. The summed E-state index contributed by atoms with van der Waals surface area (Å²) in [5, 5.41) is 9.81. The molecule has 8 aromatic rings. The minimum absolute atomic E-state index is 0.338. The van der Waals surface area contributed by atoms with Gasteiger partial charge in [0, 0.05) is 22.1 Å². The Balaban J connectivity index is 1.41. The van der Waals surface area contributed by atoms with Gasteiger partial charge >= 0.3 is 0 Å². The Morgan fingerprint density at radius 1 is 0.512 bits per heavy atom. The van der Waals surface area contributed by atoms with Gasteiger partial charge < -0.3 is 4.42 Å². The molecule has 0 amide bonds. The number of allylic oxidation sites excluding steroid dienone is 4. The first kappa shape index (κ1) is 24.2. The number of hydrogen-bond donors (Lipinski definition) is 0. The van der Waals surface area contributed by atoms with Gasteiger partial charge in [0.25, 0.3) is 0 Å². The van der Waals surface area contributed by atoms with E-state index in [1.54, 1.807) is 0 Å². The third-order valence-electron chi connectivity index (χ3n) is 9.18. The molecule has 0 fully saturated rings. The maximum absolute atomic E-state index is 6.83. The van der Waals surface area contributed by atoms with Gasteiger partial charge in [0.1, 0.15) is 11.2 Å². The molecule has 43 heavy (non-hydrogen) atoms. The Morgan fingerprint density at radius 3 is 1.93 bits per heavy atom. The number of rotatable bonds is 3. The second kappa shape index (κ2) is 9.58. The van der Waals surface area contributed by atoms with Gasteiger partial charge in [-0.3, -0.25) is 0 Å². The average Bonchev–Trinajstić information content (AvgIpc) is 3.47. The van der Waals surface area contributed by atoms with Crippen LogP contribution in [0, 0.1) is 0 Å². The van der Waals surface area contributed by atoms with Gasteiger partial charge in [0.15, 0.2) is 0 Å². The zero-order chi connectivity index (χ0) is 28.3. The molecule has 7 aromatic carbocycles. The molecule has 1 heteroatoms. The molecule has 0 saturated heterocycles. The number of fused-ring (bicyclic) bond motifs is 7. The van der Waals surface area contributed by atoms with Crippen LogP contribution in [0.3, 0.4) is 0 Å². The van der Waals surface area contributed by atoms with E-state index in [9.17, 15) is 0 Å². The Kier molecular flexibility index (Phi) is 5.39. The predicted molar refractivity (Wildman–Crippen MR) is 183 cm³/mol. The highest BCUT2D eigenvalue weighted by atomic mass is 16.3. The Morgan fingerprint density at radius 2 is 1.21 bits per heavy atom. The van der Waals surface area contributed by atoms with Crippen LogP contribution >= 0.6 is 0 Å². The van der Waals surface area contributed by atoms with Crippen LogP contribution in [0.2, 0.25) is 0 Å². The molecule has 9 rings (SSSR count). The molecular formula is C42H28O. The number of benzene rings is 7. The van der Waals surface area contributed by atoms with Gasteiger partial charge in [-0.2, -0.15) is 0 Å². The maximum atomic E-state index is 6.83. The van der Waals surface area contributed by atoms with Gasteiger partial charge in [-0.15, -0.1) is 0 Å². The van der Waals surface area contributed by atoms with E-state index in [2.05, 4.69) is 152 Å². The lowest BCUT2D eigenvalue weighted by Gasteiger charge is -2.18. The molecule has 0 bridgehead atoms. The molecule has 0 aliphatic heterocycles. The Hall–Kier alpha value is -5.40. The second-order valence-corrected chi connectivity index (χ2v) is 11.5. The molecule has 0 N–H and O–H groups in total. The maximum Gasteiger partial charge on any atom is 0.143 e. The Labute approximate surface area is 250 Å². The standard InChI is InChI=1S/C42H28O/c1-3-13-27(14-4-1)30-22-11-17-29-25-26-36-41-35(23-12-24-37(41)43-42(36)39(29)30)40-33-20-9-7-18-31(33)38(28-15-5-2-6-16-28)32-19-8-10-21-34(32)40/h1-13,15-27H,14H2. The number of furan rings is 1. The summed E-state index contributed by atoms with van der Waals surface area (Å²) < 4.78 is 6.83. The third kappa shape index (κ3) is 3.65. The molecule has 1 unspecified atom stereocenters. The van der Waals surface area contributed by atoms with E-state index in [-0.39, 0.29) is 0 Å². The minimum Gasteiger partial charge on any atom is -0.455 e. The van der Waals surface area contributed by atoms with Crippen molar-refractivity contribution in [2.45, 2.75) is 12.3 Å². The third-order valence-corrected chi connectivity index (χ3v) is 9.18. The molecule has 1 aliphatic rings. The Bertz CT molecular complexity index is 2360. The van der Waals surface area contributed by atoms with Crippen LogP contribution in [-0.2, 0) is 0 Å². The summed E-state index contributed by atoms with van der Waals surface area (Å²) in [6.07, 6.45) is 9.88. The lowest BCUT2D eigenvalue weighted by atomic mass is 9.84. The van der Waals surface area contributed by atoms with Gasteiger partial charge in [0.05, 0.1) is 0 Å². The van der Waals surface area contributed by atoms with E-state index in [0.717, 1.165) is 17.6 Å². The molecule has 1 heterocycles. The minimum atomic E-state index is 0.338. The monoisotopic (exact) mass is 548 g/mol. The van der Waals surface area contributed by atoms with Crippen LogP contribution in [0.1, 0.15) is 17.9 Å². The van der Waals surface area contributed by atoms with Crippen molar-refractivity contribution in [3.05, 3.63) is 157 Å². The van der Waals surface area contributed by atoms with Gasteiger partial charge in [-0.05, 0) is 73.3 Å². The van der Waals surface area contributed by atoms with Crippen LogP contribution < -0.4 is 0 Å². The van der Waals surface area contributed by atoms with E-state index in [1.165, 1.54) is 70.9 Å². The van der Waals surface area contributed by atoms with Gasteiger partial charge in [0.2, 0.25) is 0 Å². The lowest BCUT2D eigenvalue weighted by molar-refractivity contribution is 0.672. The number of hydrogen-bond acceptors (Lipinski definition) is 1. The van der Waals surface area contributed by atoms with E-state index < -0.39 is 0 Å². The van der Waals surface area contributed by atoms with Crippen LogP contribution in [-0.4, -0.2) is 0 Å². The van der Waals surface area contributed by atoms with Crippen molar-refractivity contribution in [1.29, 1.82) is 0 Å². The fourth-order valence-electron chi connectivity index (χ4n) is 7.34. The van der Waals surface area contributed by atoms with Crippen LogP contribution in [0.15, 0.2) is 156 Å². The highest BCUT2D eigenvalue weighted by Crippen LogP contribution is 2.48. The normalized spacial score (nSPS) is 14.9. The fraction of sp³-hybridized carbons (Fsp3) is 0.0476. The van der Waals surface area contributed by atoms with Gasteiger partial charge in [-0.1, -0.05) is 140 Å². The molecule has 0 spiro atoms. The quantitative estimate of drug-likeness (QED) is 0.200. The first-order valence-corrected chi connectivity index (χ1v) is 15.1. The van der Waals surface area contributed by atoms with E-state index in [4.69, 9.17) is 4.42 Å². The van der Waals surface area contributed by atoms with Gasteiger partial charge in [-0.25, -0.2) is 0 Å². The van der Waals surface area contributed by atoms with Crippen LogP contribution in [0.25, 0.3) is 76.5 Å².